The van der Waals surface area contributed by atoms with Gasteiger partial charge in [0, 0.05) is 15.9 Å². The van der Waals surface area contributed by atoms with Crippen molar-refractivity contribution in [2.45, 2.75) is 20.2 Å². The molecule has 0 spiro atoms. The number of rotatable bonds is 7. The zero-order chi connectivity index (χ0) is 22.3. The highest BCUT2D eigenvalue weighted by atomic mass is 32.2. The fraction of sp³-hybridized carbons (Fsp3) is 0.136. The van der Waals surface area contributed by atoms with Crippen molar-refractivity contribution in [1.82, 2.24) is 5.32 Å². The zero-order valence-corrected chi connectivity index (χ0v) is 17.9. The Morgan fingerprint density at radius 2 is 1.32 bits per heavy atom. The summed E-state index contributed by atoms with van der Waals surface area (Å²) in [5.41, 5.74) is 0. The first-order valence-electron chi connectivity index (χ1n) is 9.00. The van der Waals surface area contributed by atoms with Crippen molar-refractivity contribution in [2.75, 3.05) is 7.11 Å². The number of carbonyl (C=O) groups excluding carboxylic acids is 1. The summed E-state index contributed by atoms with van der Waals surface area (Å²) in [7, 11) is 1.43. The SMILES string of the molecule is COc1cccc(OC(=O)NC(Sc2ccccc2)(Sc2ccccc2)C(F)(F)F)c1. The number of methoxy groups -OCH3 is 1. The minimum Gasteiger partial charge on any atom is -0.497 e. The van der Waals surface area contributed by atoms with Crippen molar-refractivity contribution in [1.29, 1.82) is 0 Å². The Hall–Kier alpha value is -2.78. The molecule has 162 valence electrons. The summed E-state index contributed by atoms with van der Waals surface area (Å²) in [6, 6.07) is 22.2. The molecule has 0 aromatic heterocycles. The summed E-state index contributed by atoms with van der Waals surface area (Å²) in [5, 5.41) is 2.05. The van der Waals surface area contributed by atoms with E-state index in [9.17, 15) is 18.0 Å². The lowest BCUT2D eigenvalue weighted by molar-refractivity contribution is -0.141. The molecule has 0 bridgehead atoms. The first kappa shape index (κ1) is 22.9. The van der Waals surface area contributed by atoms with Gasteiger partial charge in [0.05, 0.1) is 7.11 Å². The number of ether oxygens (including phenoxy) is 2. The van der Waals surface area contributed by atoms with E-state index in [4.69, 9.17) is 9.47 Å². The van der Waals surface area contributed by atoms with Gasteiger partial charge in [0.2, 0.25) is 4.20 Å². The summed E-state index contributed by atoms with van der Waals surface area (Å²) in [4.78, 5) is 13.2. The van der Waals surface area contributed by atoms with Gasteiger partial charge in [-0.2, -0.15) is 13.2 Å². The maximum absolute atomic E-state index is 14.4. The predicted octanol–water partition coefficient (Wildman–Crippen LogP) is 6.58. The van der Waals surface area contributed by atoms with Crippen LogP contribution in [-0.4, -0.2) is 23.6 Å². The van der Waals surface area contributed by atoms with Crippen molar-refractivity contribution in [3.05, 3.63) is 84.9 Å². The largest absolute Gasteiger partial charge is 0.497 e. The maximum atomic E-state index is 14.4. The Balaban J connectivity index is 1.93. The monoisotopic (exact) mass is 465 g/mol. The van der Waals surface area contributed by atoms with E-state index in [1.165, 1.54) is 19.2 Å². The summed E-state index contributed by atoms with van der Waals surface area (Å²) in [6.45, 7) is 0. The molecule has 1 amide bonds. The van der Waals surface area contributed by atoms with Gasteiger partial charge >= 0.3 is 12.3 Å². The topological polar surface area (TPSA) is 47.6 Å². The van der Waals surface area contributed by atoms with Gasteiger partial charge in [-0.1, -0.05) is 66.0 Å². The highest BCUT2D eigenvalue weighted by molar-refractivity contribution is 8.18. The second-order valence-electron chi connectivity index (χ2n) is 6.14. The Labute approximate surface area is 186 Å². The van der Waals surface area contributed by atoms with Crippen LogP contribution in [0.1, 0.15) is 0 Å². The molecule has 0 fully saturated rings. The molecule has 1 N–H and O–H groups in total. The summed E-state index contributed by atoms with van der Waals surface area (Å²) < 4.78 is 50.7. The molecule has 0 aliphatic carbocycles. The van der Waals surface area contributed by atoms with Gasteiger partial charge in [-0.15, -0.1) is 0 Å². The minimum atomic E-state index is -4.82. The summed E-state index contributed by atoms with van der Waals surface area (Å²) in [6.07, 6.45) is -6.06. The lowest BCUT2D eigenvalue weighted by Crippen LogP contribution is -2.54. The number of hydrogen-bond donors (Lipinski definition) is 1. The van der Waals surface area contributed by atoms with E-state index in [-0.39, 0.29) is 5.75 Å². The molecule has 0 aliphatic rings. The third kappa shape index (κ3) is 6.11. The van der Waals surface area contributed by atoms with E-state index < -0.39 is 16.5 Å². The molecule has 3 rings (SSSR count). The molecule has 0 saturated heterocycles. The van der Waals surface area contributed by atoms with E-state index >= 15 is 0 Å². The standard InChI is InChI=1S/C22H18F3NO3S2/c1-28-16-9-8-10-17(15-16)29-20(27)26-22(21(23,24)25,30-18-11-4-2-5-12-18)31-19-13-6-3-7-14-19/h2-15H,1H3,(H,26,27). The van der Waals surface area contributed by atoms with E-state index in [0.717, 1.165) is 0 Å². The summed E-state index contributed by atoms with van der Waals surface area (Å²) in [5.74, 6) is 0.465. The number of alkyl halides is 3. The molecule has 3 aromatic rings. The van der Waals surface area contributed by atoms with Crippen molar-refractivity contribution in [3.63, 3.8) is 0 Å². The van der Waals surface area contributed by atoms with Gasteiger partial charge < -0.3 is 9.47 Å². The number of amides is 1. The molecule has 0 saturated carbocycles. The Morgan fingerprint density at radius 1 is 0.806 bits per heavy atom. The average Bonchev–Trinajstić information content (AvgIpc) is 2.74. The fourth-order valence-corrected chi connectivity index (χ4v) is 4.99. The van der Waals surface area contributed by atoms with Crippen LogP contribution in [0.25, 0.3) is 0 Å². The van der Waals surface area contributed by atoms with Gasteiger partial charge in [-0.3, -0.25) is 5.32 Å². The van der Waals surface area contributed by atoms with Crippen LogP contribution in [0, 0.1) is 0 Å². The number of carbonyl (C=O) groups is 1. The second kappa shape index (κ2) is 10.0. The third-order valence-electron chi connectivity index (χ3n) is 3.90. The lowest BCUT2D eigenvalue weighted by Gasteiger charge is -2.34. The highest BCUT2D eigenvalue weighted by Crippen LogP contribution is 2.53. The Morgan fingerprint density at radius 3 is 1.81 bits per heavy atom. The van der Waals surface area contributed by atoms with Crippen LogP contribution in [0.2, 0.25) is 0 Å². The molecule has 4 nitrogen and oxygen atoms in total. The quantitative estimate of drug-likeness (QED) is 0.315. The molecular weight excluding hydrogens is 447 g/mol. The van der Waals surface area contributed by atoms with Gasteiger partial charge in [0.1, 0.15) is 11.5 Å². The normalized spacial score (nSPS) is 11.6. The predicted molar refractivity (Wildman–Crippen MR) is 116 cm³/mol. The zero-order valence-electron chi connectivity index (χ0n) is 16.3. The van der Waals surface area contributed by atoms with Crippen LogP contribution in [0.5, 0.6) is 11.5 Å². The van der Waals surface area contributed by atoms with E-state index in [0.29, 0.717) is 39.1 Å². The number of nitrogens with one attached hydrogen (secondary N) is 1. The lowest BCUT2D eigenvalue weighted by atomic mass is 10.3. The van der Waals surface area contributed by atoms with E-state index in [2.05, 4.69) is 5.32 Å². The van der Waals surface area contributed by atoms with E-state index in [1.807, 2.05) is 0 Å². The number of benzene rings is 3. The third-order valence-corrected chi connectivity index (χ3v) is 6.66. The van der Waals surface area contributed by atoms with Crippen LogP contribution in [-0.2, 0) is 0 Å². The molecule has 0 heterocycles. The molecule has 0 unspecified atom stereocenters. The molecule has 31 heavy (non-hydrogen) atoms. The second-order valence-corrected chi connectivity index (χ2v) is 8.97. The van der Waals surface area contributed by atoms with Crippen molar-refractivity contribution >= 4 is 29.6 Å². The van der Waals surface area contributed by atoms with Crippen LogP contribution in [0.4, 0.5) is 18.0 Å². The van der Waals surface area contributed by atoms with Crippen LogP contribution < -0.4 is 14.8 Å². The Bertz CT molecular complexity index is 960. The molecule has 9 heteroatoms. The smallest absolute Gasteiger partial charge is 0.431 e. The first-order chi connectivity index (χ1) is 14.8. The van der Waals surface area contributed by atoms with E-state index in [1.54, 1.807) is 72.8 Å². The number of halogens is 3. The molecule has 0 atom stereocenters. The molecule has 3 aromatic carbocycles. The molecular formula is C22H18F3NO3S2. The Kier molecular flexibility index (Phi) is 7.40. The average molecular weight is 466 g/mol. The minimum absolute atomic E-state index is 0.0577. The van der Waals surface area contributed by atoms with Crippen LogP contribution in [0.15, 0.2) is 94.7 Å². The number of thioether (sulfide) groups is 2. The van der Waals surface area contributed by atoms with Crippen LogP contribution in [0.3, 0.4) is 0 Å². The van der Waals surface area contributed by atoms with Crippen molar-refractivity contribution < 1.29 is 27.4 Å². The molecule has 0 radical (unpaired) electrons. The van der Waals surface area contributed by atoms with Gasteiger partial charge in [0.15, 0.2) is 0 Å². The van der Waals surface area contributed by atoms with Gasteiger partial charge in [0.25, 0.3) is 0 Å². The van der Waals surface area contributed by atoms with Gasteiger partial charge in [-0.25, -0.2) is 4.79 Å². The van der Waals surface area contributed by atoms with Gasteiger partial charge in [-0.05, 0) is 36.4 Å². The first-order valence-corrected chi connectivity index (χ1v) is 10.6. The van der Waals surface area contributed by atoms with Crippen molar-refractivity contribution in [3.8, 4) is 11.5 Å². The number of hydrogen-bond acceptors (Lipinski definition) is 5. The highest BCUT2D eigenvalue weighted by Gasteiger charge is 2.58. The van der Waals surface area contributed by atoms with Crippen LogP contribution >= 0.6 is 23.5 Å². The maximum Gasteiger partial charge on any atom is 0.431 e. The summed E-state index contributed by atoms with van der Waals surface area (Å²) >= 11 is 0.972. The van der Waals surface area contributed by atoms with Crippen molar-refractivity contribution in [2.24, 2.45) is 0 Å². The fourth-order valence-electron chi connectivity index (χ4n) is 2.50. The molecule has 0 aliphatic heterocycles.